The summed E-state index contributed by atoms with van der Waals surface area (Å²) >= 11 is 0. The van der Waals surface area contributed by atoms with Crippen LogP contribution in [-0.4, -0.2) is 17.3 Å². The molecular weight excluding hydrogens is 144 g/mol. The van der Waals surface area contributed by atoms with Crippen LogP contribution in [0.1, 0.15) is 13.8 Å². The molecule has 1 atom stereocenters. The molecule has 3 nitrogen and oxygen atoms in total. The number of hydrogen-bond acceptors (Lipinski definition) is 3. The van der Waals surface area contributed by atoms with E-state index < -0.39 is 5.92 Å². The van der Waals surface area contributed by atoms with E-state index >= 15 is 0 Å². The fourth-order valence-corrected chi connectivity index (χ4v) is 1.11. The molecule has 0 bridgehead atoms. The van der Waals surface area contributed by atoms with E-state index in [0.717, 1.165) is 0 Å². The average Bonchev–Trinajstić information content (AvgIpc) is 2.07. The molecule has 3 heteroatoms. The maximum atomic E-state index is 11.0. The summed E-state index contributed by atoms with van der Waals surface area (Å²) in [5.74, 6) is -2.12. The average molecular weight is 152 g/mol. The van der Waals surface area contributed by atoms with Gasteiger partial charge >= 0.3 is 0 Å². The normalized spacial score (nSPS) is 23.8. The van der Waals surface area contributed by atoms with Crippen LogP contribution in [0.4, 0.5) is 0 Å². The van der Waals surface area contributed by atoms with Crippen molar-refractivity contribution in [3.63, 3.8) is 0 Å². The second-order valence-corrected chi connectivity index (χ2v) is 2.64. The van der Waals surface area contributed by atoms with Crippen molar-refractivity contribution < 1.29 is 14.4 Å². The maximum Gasteiger partial charge on any atom is 0.176 e. The van der Waals surface area contributed by atoms with Crippen molar-refractivity contribution in [2.75, 3.05) is 0 Å². The molecule has 1 rings (SSSR count). The van der Waals surface area contributed by atoms with Gasteiger partial charge in [0.1, 0.15) is 11.7 Å². The van der Waals surface area contributed by atoms with Crippen molar-refractivity contribution in [1.82, 2.24) is 0 Å². The van der Waals surface area contributed by atoms with E-state index in [0.29, 0.717) is 5.57 Å². The Balaban J connectivity index is 2.99. The fourth-order valence-electron chi connectivity index (χ4n) is 1.11. The van der Waals surface area contributed by atoms with Crippen molar-refractivity contribution in [3.05, 3.63) is 11.6 Å². The van der Waals surface area contributed by atoms with Crippen LogP contribution < -0.4 is 0 Å². The summed E-state index contributed by atoms with van der Waals surface area (Å²) in [5, 5.41) is 0. The molecule has 0 aromatic rings. The topological polar surface area (TPSA) is 51.2 Å². The van der Waals surface area contributed by atoms with E-state index in [1.165, 1.54) is 13.0 Å². The van der Waals surface area contributed by atoms with Gasteiger partial charge in [0.05, 0.1) is 0 Å². The Morgan fingerprint density at radius 1 is 1.45 bits per heavy atom. The molecule has 0 heterocycles. The van der Waals surface area contributed by atoms with E-state index in [4.69, 9.17) is 0 Å². The zero-order valence-electron chi connectivity index (χ0n) is 6.38. The molecule has 58 valence electrons. The summed E-state index contributed by atoms with van der Waals surface area (Å²) < 4.78 is 0. The van der Waals surface area contributed by atoms with E-state index in [1.54, 1.807) is 6.92 Å². The van der Waals surface area contributed by atoms with E-state index in [9.17, 15) is 14.4 Å². The second kappa shape index (κ2) is 2.42. The van der Waals surface area contributed by atoms with Gasteiger partial charge in [0.2, 0.25) is 0 Å². The largest absolute Gasteiger partial charge is 0.299 e. The highest BCUT2D eigenvalue weighted by Crippen LogP contribution is 2.17. The molecule has 0 N–H and O–H groups in total. The predicted octanol–water partition coefficient (Wildman–Crippen LogP) is 0.290. The minimum Gasteiger partial charge on any atom is -0.299 e. The molecule has 0 amide bonds. The van der Waals surface area contributed by atoms with Crippen LogP contribution in [-0.2, 0) is 14.4 Å². The third-order valence-corrected chi connectivity index (χ3v) is 1.70. The van der Waals surface area contributed by atoms with Crippen LogP contribution in [0.5, 0.6) is 0 Å². The quantitative estimate of drug-likeness (QED) is 0.507. The summed E-state index contributed by atoms with van der Waals surface area (Å²) in [6.07, 6.45) is 1.23. The van der Waals surface area contributed by atoms with Gasteiger partial charge in [0.25, 0.3) is 0 Å². The number of rotatable bonds is 1. The van der Waals surface area contributed by atoms with Gasteiger partial charge in [-0.3, -0.25) is 14.4 Å². The summed E-state index contributed by atoms with van der Waals surface area (Å²) in [6, 6.07) is 0. The molecule has 1 aliphatic carbocycles. The standard InChI is InChI=1S/C8H8O3/c1-4-3-6(10)7(5(2)9)8(4)11/h3,7H,1-2H3/t7-/m0/s1. The SMILES string of the molecule is CC(=O)[C@H]1C(=O)C=C(C)C1=O. The molecule has 0 aliphatic heterocycles. The zero-order valence-corrected chi connectivity index (χ0v) is 6.38. The summed E-state index contributed by atoms with van der Waals surface area (Å²) in [5.41, 5.74) is 0.384. The van der Waals surface area contributed by atoms with Gasteiger partial charge in [0.15, 0.2) is 11.6 Å². The van der Waals surface area contributed by atoms with Crippen LogP contribution in [0, 0.1) is 5.92 Å². The summed E-state index contributed by atoms with van der Waals surface area (Å²) in [7, 11) is 0. The third-order valence-electron chi connectivity index (χ3n) is 1.70. The molecule has 0 aromatic heterocycles. The minimum atomic E-state index is -1.03. The molecular formula is C8H8O3. The lowest BCUT2D eigenvalue weighted by Crippen LogP contribution is -2.23. The van der Waals surface area contributed by atoms with Gasteiger partial charge in [-0.1, -0.05) is 0 Å². The lowest BCUT2D eigenvalue weighted by molar-refractivity contribution is -0.134. The molecule has 1 aliphatic rings. The highest BCUT2D eigenvalue weighted by molar-refractivity contribution is 6.31. The Morgan fingerprint density at radius 3 is 2.18 bits per heavy atom. The van der Waals surface area contributed by atoms with E-state index in [2.05, 4.69) is 0 Å². The van der Waals surface area contributed by atoms with Gasteiger partial charge in [-0.2, -0.15) is 0 Å². The number of hydrogen-bond donors (Lipinski definition) is 0. The first-order chi connectivity index (χ1) is 5.04. The van der Waals surface area contributed by atoms with Crippen LogP contribution >= 0.6 is 0 Å². The molecule has 0 spiro atoms. The van der Waals surface area contributed by atoms with Gasteiger partial charge in [-0.05, 0) is 25.5 Å². The van der Waals surface area contributed by atoms with Gasteiger partial charge in [0, 0.05) is 0 Å². The first-order valence-electron chi connectivity index (χ1n) is 3.31. The maximum absolute atomic E-state index is 11.0. The Kier molecular flexibility index (Phi) is 1.72. The summed E-state index contributed by atoms with van der Waals surface area (Å²) in [4.78, 5) is 32.7. The Hall–Kier alpha value is -1.25. The van der Waals surface area contributed by atoms with E-state index in [-0.39, 0.29) is 17.3 Å². The van der Waals surface area contributed by atoms with Crippen LogP contribution in [0.15, 0.2) is 11.6 Å². The van der Waals surface area contributed by atoms with Crippen LogP contribution in [0.2, 0.25) is 0 Å². The highest BCUT2D eigenvalue weighted by atomic mass is 16.2. The summed E-state index contributed by atoms with van der Waals surface area (Å²) in [6.45, 7) is 2.80. The zero-order chi connectivity index (χ0) is 8.59. The number of carbonyl (C=O) groups excluding carboxylic acids is 3. The number of ketones is 3. The number of carbonyl (C=O) groups is 3. The van der Waals surface area contributed by atoms with Crippen molar-refractivity contribution in [2.24, 2.45) is 5.92 Å². The molecule has 0 radical (unpaired) electrons. The van der Waals surface area contributed by atoms with Crippen LogP contribution in [0.25, 0.3) is 0 Å². The lowest BCUT2D eigenvalue weighted by Gasteiger charge is -1.99. The minimum absolute atomic E-state index is 0.345. The van der Waals surface area contributed by atoms with Crippen LogP contribution in [0.3, 0.4) is 0 Å². The van der Waals surface area contributed by atoms with Gasteiger partial charge in [-0.25, -0.2) is 0 Å². The van der Waals surface area contributed by atoms with Crippen molar-refractivity contribution in [1.29, 1.82) is 0 Å². The van der Waals surface area contributed by atoms with Gasteiger partial charge in [-0.15, -0.1) is 0 Å². The molecule has 0 aromatic carbocycles. The molecule has 0 unspecified atom stereocenters. The first-order valence-corrected chi connectivity index (χ1v) is 3.31. The fraction of sp³-hybridized carbons (Fsp3) is 0.375. The van der Waals surface area contributed by atoms with E-state index in [1.807, 2.05) is 0 Å². The molecule has 11 heavy (non-hydrogen) atoms. The Labute approximate surface area is 64.1 Å². The second-order valence-electron chi connectivity index (χ2n) is 2.64. The Bertz CT molecular complexity index is 273. The lowest BCUT2D eigenvalue weighted by atomic mass is 9.99. The first kappa shape index (κ1) is 7.85. The number of Topliss-reactive ketones (excluding diaryl/α,β-unsaturated/α-hetero) is 2. The van der Waals surface area contributed by atoms with Gasteiger partial charge < -0.3 is 0 Å². The highest BCUT2D eigenvalue weighted by Gasteiger charge is 2.35. The number of allylic oxidation sites excluding steroid dienone is 2. The monoisotopic (exact) mass is 152 g/mol. The molecule has 0 saturated carbocycles. The molecule has 0 fully saturated rings. The third kappa shape index (κ3) is 1.13. The van der Waals surface area contributed by atoms with Crippen molar-refractivity contribution in [3.8, 4) is 0 Å². The van der Waals surface area contributed by atoms with Crippen molar-refractivity contribution in [2.45, 2.75) is 13.8 Å². The smallest absolute Gasteiger partial charge is 0.176 e. The molecule has 0 saturated heterocycles. The van der Waals surface area contributed by atoms with Crippen molar-refractivity contribution >= 4 is 17.3 Å². The Morgan fingerprint density at radius 2 is 2.00 bits per heavy atom. The predicted molar refractivity (Wildman–Crippen MR) is 37.9 cm³/mol.